The van der Waals surface area contributed by atoms with Gasteiger partial charge in [0.1, 0.15) is 0 Å². The van der Waals surface area contributed by atoms with Gasteiger partial charge >= 0.3 is 7.05 Å². The van der Waals surface area contributed by atoms with E-state index < -0.39 is 0 Å². The summed E-state index contributed by atoms with van der Waals surface area (Å²) in [6.07, 6.45) is 1.06. The lowest BCUT2D eigenvalue weighted by atomic mass is 9.55. The zero-order valence-corrected chi connectivity index (χ0v) is 7.44. The molecule has 0 saturated carbocycles. The van der Waals surface area contributed by atoms with Crippen LogP contribution in [0.2, 0.25) is 11.6 Å². The maximum absolute atomic E-state index is 9.41. The third-order valence-electron chi connectivity index (χ3n) is 1.41. The van der Waals surface area contributed by atoms with E-state index in [1.54, 1.807) is 0 Å². The monoisotopic (exact) mass is 141 g/mol. The molecule has 58 valence electrons. The zero-order chi connectivity index (χ0) is 8.20. The van der Waals surface area contributed by atoms with Crippen molar-refractivity contribution in [3.63, 3.8) is 0 Å². The molecule has 0 aromatic carbocycles. The standard InChI is InChI=1S/C6H17B2NO/c1-5-7-9-8(10)6(2,3)4/h7,9-10H,5H2,1-4H3. The fourth-order valence-corrected chi connectivity index (χ4v) is 0.587. The van der Waals surface area contributed by atoms with Gasteiger partial charge in [-0.1, -0.05) is 34.0 Å². The van der Waals surface area contributed by atoms with Gasteiger partial charge in [0.05, 0.1) is 0 Å². The average molecular weight is 141 g/mol. The van der Waals surface area contributed by atoms with Crippen molar-refractivity contribution >= 4 is 14.5 Å². The van der Waals surface area contributed by atoms with Crippen LogP contribution in [-0.4, -0.2) is 19.5 Å². The summed E-state index contributed by atoms with van der Waals surface area (Å²) >= 11 is 0. The number of nitrogens with one attached hydrogen (secondary N) is 1. The molecular formula is C6H17B2NO. The maximum Gasteiger partial charge on any atom is 0.371 e. The maximum atomic E-state index is 9.41. The lowest BCUT2D eigenvalue weighted by Gasteiger charge is -2.21. The lowest BCUT2D eigenvalue weighted by molar-refractivity contribution is 0.503. The van der Waals surface area contributed by atoms with Crippen molar-refractivity contribution in [2.24, 2.45) is 0 Å². The Kier molecular flexibility index (Phi) is 4.06. The van der Waals surface area contributed by atoms with Crippen LogP contribution in [0.3, 0.4) is 0 Å². The molecule has 10 heavy (non-hydrogen) atoms. The van der Waals surface area contributed by atoms with Crippen LogP contribution in [0.4, 0.5) is 0 Å². The van der Waals surface area contributed by atoms with Crippen LogP contribution in [0, 0.1) is 0 Å². The molecule has 2 N–H and O–H groups in total. The molecule has 0 aliphatic heterocycles. The first-order chi connectivity index (χ1) is 4.48. The summed E-state index contributed by atoms with van der Waals surface area (Å²) in [5, 5.41) is 12.4. The second kappa shape index (κ2) is 4.04. The second-order valence-electron chi connectivity index (χ2n) is 3.72. The first-order valence-electron chi connectivity index (χ1n) is 3.90. The minimum absolute atomic E-state index is 0.0465. The van der Waals surface area contributed by atoms with E-state index in [1.807, 2.05) is 20.8 Å². The number of rotatable bonds is 3. The van der Waals surface area contributed by atoms with Crippen molar-refractivity contribution in [1.29, 1.82) is 0 Å². The largest absolute Gasteiger partial charge is 0.438 e. The fraction of sp³-hybridized carbons (Fsp3) is 1.00. The van der Waals surface area contributed by atoms with Gasteiger partial charge in [0.25, 0.3) is 0 Å². The summed E-state index contributed by atoms with van der Waals surface area (Å²) in [4.78, 5) is 0. The van der Waals surface area contributed by atoms with Gasteiger partial charge in [-0.2, -0.15) is 0 Å². The molecular weight excluding hydrogens is 124 g/mol. The van der Waals surface area contributed by atoms with Gasteiger partial charge in [-0.05, 0) is 5.31 Å². The van der Waals surface area contributed by atoms with Gasteiger partial charge in [-0.15, -0.1) is 0 Å². The van der Waals surface area contributed by atoms with Crippen molar-refractivity contribution in [3.05, 3.63) is 0 Å². The minimum atomic E-state index is -0.382. The van der Waals surface area contributed by atoms with Crippen LogP contribution in [-0.2, 0) is 0 Å². The number of hydrogen-bond acceptors (Lipinski definition) is 2. The summed E-state index contributed by atoms with van der Waals surface area (Å²) < 4.78 is 0. The molecule has 0 aromatic rings. The van der Waals surface area contributed by atoms with Crippen molar-refractivity contribution in [2.75, 3.05) is 0 Å². The van der Waals surface area contributed by atoms with Crippen molar-refractivity contribution in [1.82, 2.24) is 5.14 Å². The molecule has 0 heterocycles. The van der Waals surface area contributed by atoms with Crippen LogP contribution in [0.5, 0.6) is 0 Å². The highest BCUT2D eigenvalue weighted by atomic mass is 16.2. The van der Waals surface area contributed by atoms with E-state index in [-0.39, 0.29) is 12.4 Å². The van der Waals surface area contributed by atoms with Crippen LogP contribution >= 0.6 is 0 Å². The van der Waals surface area contributed by atoms with E-state index in [9.17, 15) is 5.02 Å². The number of hydrogen-bond donors (Lipinski definition) is 2. The molecule has 0 spiro atoms. The van der Waals surface area contributed by atoms with Crippen LogP contribution < -0.4 is 5.14 Å². The SMILES string of the molecule is CCBNB(O)C(C)(C)C. The molecule has 0 amide bonds. The lowest BCUT2D eigenvalue weighted by Crippen LogP contribution is -2.43. The summed E-state index contributed by atoms with van der Waals surface area (Å²) in [6, 6.07) is 0. The highest BCUT2D eigenvalue weighted by Gasteiger charge is 2.26. The van der Waals surface area contributed by atoms with Gasteiger partial charge in [-0.25, -0.2) is 0 Å². The third-order valence-corrected chi connectivity index (χ3v) is 1.41. The smallest absolute Gasteiger partial charge is 0.371 e. The van der Waals surface area contributed by atoms with Crippen molar-refractivity contribution in [2.45, 2.75) is 39.3 Å². The van der Waals surface area contributed by atoms with E-state index in [0.29, 0.717) is 0 Å². The molecule has 4 heteroatoms. The molecule has 0 aromatic heterocycles. The molecule has 0 rings (SSSR count). The summed E-state index contributed by atoms with van der Waals surface area (Å²) in [6.45, 7) is 8.13. The zero-order valence-electron chi connectivity index (χ0n) is 7.44. The van der Waals surface area contributed by atoms with Crippen molar-refractivity contribution in [3.8, 4) is 0 Å². The molecule has 0 fully saturated rings. The molecule has 0 saturated heterocycles. The van der Waals surface area contributed by atoms with Crippen LogP contribution in [0.1, 0.15) is 27.7 Å². The first kappa shape index (κ1) is 10.0. The topological polar surface area (TPSA) is 32.3 Å². The molecule has 0 unspecified atom stereocenters. The molecule has 2 nitrogen and oxygen atoms in total. The summed E-state index contributed by atoms with van der Waals surface area (Å²) in [5.74, 6) is 0. The molecule has 0 atom stereocenters. The van der Waals surface area contributed by atoms with E-state index in [1.165, 1.54) is 0 Å². The van der Waals surface area contributed by atoms with E-state index in [2.05, 4.69) is 12.1 Å². The van der Waals surface area contributed by atoms with Gasteiger partial charge < -0.3 is 10.2 Å². The first-order valence-corrected chi connectivity index (χ1v) is 3.90. The van der Waals surface area contributed by atoms with Crippen LogP contribution in [0.25, 0.3) is 0 Å². The quantitative estimate of drug-likeness (QED) is 0.565. The predicted octanol–water partition coefficient (Wildman–Crippen LogP) is 0.646. The van der Waals surface area contributed by atoms with E-state index in [0.717, 1.165) is 13.7 Å². The van der Waals surface area contributed by atoms with Gasteiger partial charge in [-0.3, -0.25) is 0 Å². The van der Waals surface area contributed by atoms with Crippen LogP contribution in [0.15, 0.2) is 0 Å². The Bertz CT molecular complexity index is 92.2. The van der Waals surface area contributed by atoms with Gasteiger partial charge in [0.2, 0.25) is 0 Å². The Hall–Kier alpha value is 0.0499. The molecule has 0 aliphatic rings. The molecule has 0 bridgehead atoms. The Morgan fingerprint density at radius 1 is 1.50 bits per heavy atom. The van der Waals surface area contributed by atoms with Gasteiger partial charge in [0.15, 0.2) is 7.41 Å². The highest BCUT2D eigenvalue weighted by Crippen LogP contribution is 2.22. The Labute approximate surface area is 64.8 Å². The average Bonchev–Trinajstić information content (AvgIpc) is 1.80. The van der Waals surface area contributed by atoms with E-state index >= 15 is 0 Å². The Balaban J connectivity index is 3.52. The normalized spacial score (nSPS) is 11.3. The predicted molar refractivity (Wildman–Crippen MR) is 48.5 cm³/mol. The molecule has 0 radical (unpaired) electrons. The highest BCUT2D eigenvalue weighted by molar-refractivity contribution is 6.61. The van der Waals surface area contributed by atoms with Crippen molar-refractivity contribution < 1.29 is 5.02 Å². The third kappa shape index (κ3) is 3.96. The Morgan fingerprint density at radius 2 is 2.00 bits per heavy atom. The second-order valence-corrected chi connectivity index (χ2v) is 3.72. The minimum Gasteiger partial charge on any atom is -0.438 e. The fourth-order valence-electron chi connectivity index (χ4n) is 0.587. The Morgan fingerprint density at radius 3 is 2.30 bits per heavy atom. The molecule has 0 aliphatic carbocycles. The van der Waals surface area contributed by atoms with Gasteiger partial charge in [0, 0.05) is 0 Å². The summed E-state index contributed by atoms with van der Waals surface area (Å²) in [5.41, 5.74) is 0. The van der Waals surface area contributed by atoms with E-state index in [4.69, 9.17) is 0 Å². The summed E-state index contributed by atoms with van der Waals surface area (Å²) in [7, 11) is 0.505.